The highest BCUT2D eigenvalue weighted by Gasteiger charge is 2.33. The van der Waals surface area contributed by atoms with Gasteiger partial charge < -0.3 is 19.9 Å². The first-order valence-electron chi connectivity index (χ1n) is 7.65. The van der Waals surface area contributed by atoms with Gasteiger partial charge in [0, 0.05) is 38.9 Å². The van der Waals surface area contributed by atoms with Gasteiger partial charge in [0.15, 0.2) is 0 Å². The van der Waals surface area contributed by atoms with E-state index in [9.17, 15) is 4.79 Å². The highest BCUT2D eigenvalue weighted by molar-refractivity contribution is 6.30. The fourth-order valence-electron chi connectivity index (χ4n) is 2.92. The van der Waals surface area contributed by atoms with Crippen LogP contribution in [0, 0.1) is 0 Å². The Bertz CT molecular complexity index is 517. The number of morpholine rings is 1. The van der Waals surface area contributed by atoms with E-state index in [2.05, 4.69) is 15.2 Å². The van der Waals surface area contributed by atoms with E-state index in [0.717, 1.165) is 25.5 Å². The number of amides is 1. The average Bonchev–Trinajstić information content (AvgIpc) is 2.56. The van der Waals surface area contributed by atoms with Gasteiger partial charge in [-0.15, -0.1) is 0 Å². The summed E-state index contributed by atoms with van der Waals surface area (Å²) in [4.78, 5) is 21.0. The molecule has 6 nitrogen and oxygen atoms in total. The van der Waals surface area contributed by atoms with Crippen LogP contribution in [0.4, 0.5) is 5.82 Å². The number of ether oxygens (including phenoxy) is 1. The third-order valence-corrected chi connectivity index (χ3v) is 4.43. The molecule has 0 radical (unpaired) electrons. The summed E-state index contributed by atoms with van der Waals surface area (Å²) in [5, 5.41) is 3.89. The number of pyridine rings is 1. The van der Waals surface area contributed by atoms with Crippen LogP contribution in [0.3, 0.4) is 0 Å². The fourth-order valence-corrected chi connectivity index (χ4v) is 3.03. The molecular formula is C15H21ClN4O2. The van der Waals surface area contributed by atoms with Crippen LogP contribution < -0.4 is 10.2 Å². The molecule has 1 amide bonds. The molecule has 0 saturated carbocycles. The Morgan fingerprint density at radius 2 is 2.14 bits per heavy atom. The van der Waals surface area contributed by atoms with E-state index < -0.39 is 0 Å². The zero-order valence-electron chi connectivity index (χ0n) is 12.7. The highest BCUT2D eigenvalue weighted by Crippen LogP contribution is 2.17. The van der Waals surface area contributed by atoms with Crippen LogP contribution in [-0.2, 0) is 9.53 Å². The Balaban J connectivity index is 1.57. The first-order valence-corrected chi connectivity index (χ1v) is 8.03. The minimum atomic E-state index is -0.228. The van der Waals surface area contributed by atoms with E-state index in [-0.39, 0.29) is 18.1 Å². The summed E-state index contributed by atoms with van der Waals surface area (Å²) in [6.07, 6.45) is 1.58. The van der Waals surface area contributed by atoms with Crippen molar-refractivity contribution in [3.63, 3.8) is 0 Å². The Hall–Kier alpha value is -1.37. The van der Waals surface area contributed by atoms with E-state index in [1.54, 1.807) is 6.20 Å². The maximum Gasteiger partial charge on any atom is 0.242 e. The number of nitrogens with zero attached hydrogens (tertiary/aromatic N) is 3. The Kier molecular flexibility index (Phi) is 4.81. The molecule has 2 aliphatic heterocycles. The summed E-state index contributed by atoms with van der Waals surface area (Å²) in [7, 11) is 0. The van der Waals surface area contributed by atoms with Gasteiger partial charge in [0.25, 0.3) is 0 Å². The Morgan fingerprint density at radius 3 is 2.77 bits per heavy atom. The molecule has 0 bridgehead atoms. The molecule has 7 heteroatoms. The zero-order chi connectivity index (χ0) is 15.5. The molecule has 1 aromatic rings. The van der Waals surface area contributed by atoms with Gasteiger partial charge in [-0.1, -0.05) is 11.6 Å². The van der Waals surface area contributed by atoms with Crippen molar-refractivity contribution in [2.45, 2.75) is 19.1 Å². The lowest BCUT2D eigenvalue weighted by atomic mass is 10.1. The average molecular weight is 325 g/mol. The highest BCUT2D eigenvalue weighted by atomic mass is 35.5. The molecule has 2 saturated heterocycles. The minimum absolute atomic E-state index is 0.0720. The molecule has 3 heterocycles. The summed E-state index contributed by atoms with van der Waals surface area (Å²) in [5.41, 5.74) is 0. The van der Waals surface area contributed by atoms with E-state index in [4.69, 9.17) is 16.3 Å². The van der Waals surface area contributed by atoms with Crippen molar-refractivity contribution in [2.75, 3.05) is 44.2 Å². The van der Waals surface area contributed by atoms with Gasteiger partial charge in [0.1, 0.15) is 11.9 Å². The Labute approximate surface area is 135 Å². The molecule has 22 heavy (non-hydrogen) atoms. The second-order valence-electron chi connectivity index (χ2n) is 5.65. The predicted octanol–water partition coefficient (Wildman–Crippen LogP) is 0.760. The lowest BCUT2D eigenvalue weighted by Crippen LogP contribution is -2.59. The van der Waals surface area contributed by atoms with Crippen LogP contribution in [0.5, 0.6) is 0 Å². The molecule has 0 unspecified atom stereocenters. The topological polar surface area (TPSA) is 57.7 Å². The van der Waals surface area contributed by atoms with Crippen molar-refractivity contribution in [1.82, 2.24) is 15.2 Å². The number of carbonyl (C=O) groups excluding carboxylic acids is 1. The first kappa shape index (κ1) is 15.5. The maximum absolute atomic E-state index is 12.6. The van der Waals surface area contributed by atoms with Gasteiger partial charge in [-0.2, -0.15) is 0 Å². The number of hydrogen-bond donors (Lipinski definition) is 1. The largest absolute Gasteiger partial charge is 0.375 e. The Morgan fingerprint density at radius 1 is 1.36 bits per heavy atom. The smallest absolute Gasteiger partial charge is 0.242 e. The molecule has 0 aliphatic carbocycles. The van der Waals surface area contributed by atoms with Gasteiger partial charge in [0.2, 0.25) is 5.91 Å². The van der Waals surface area contributed by atoms with Gasteiger partial charge in [-0.05, 0) is 19.1 Å². The number of rotatable bonds is 2. The third-order valence-electron chi connectivity index (χ3n) is 4.21. The van der Waals surface area contributed by atoms with Gasteiger partial charge >= 0.3 is 0 Å². The van der Waals surface area contributed by atoms with Crippen molar-refractivity contribution >= 4 is 23.3 Å². The molecule has 120 valence electrons. The van der Waals surface area contributed by atoms with E-state index in [1.165, 1.54) is 0 Å². The van der Waals surface area contributed by atoms with Crippen molar-refractivity contribution < 1.29 is 9.53 Å². The number of anilines is 1. The fraction of sp³-hybridized carbons (Fsp3) is 0.600. The molecule has 2 fully saturated rings. The predicted molar refractivity (Wildman–Crippen MR) is 85.2 cm³/mol. The lowest BCUT2D eigenvalue weighted by molar-refractivity contribution is -0.139. The molecule has 1 aromatic heterocycles. The molecule has 1 N–H and O–H groups in total. The quantitative estimate of drug-likeness (QED) is 0.870. The van der Waals surface area contributed by atoms with Crippen LogP contribution in [0.15, 0.2) is 18.3 Å². The molecule has 3 rings (SSSR count). The number of hydrogen-bond acceptors (Lipinski definition) is 5. The molecule has 2 aliphatic rings. The van der Waals surface area contributed by atoms with Crippen molar-refractivity contribution in [3.8, 4) is 0 Å². The summed E-state index contributed by atoms with van der Waals surface area (Å²) in [5.74, 6) is 1.04. The van der Waals surface area contributed by atoms with E-state index in [0.29, 0.717) is 24.7 Å². The summed E-state index contributed by atoms with van der Waals surface area (Å²) < 4.78 is 5.56. The summed E-state index contributed by atoms with van der Waals surface area (Å²) >= 11 is 5.86. The van der Waals surface area contributed by atoms with Crippen LogP contribution in [0.25, 0.3) is 0 Å². The number of piperazine rings is 1. The van der Waals surface area contributed by atoms with Crippen LogP contribution >= 0.6 is 11.6 Å². The minimum Gasteiger partial charge on any atom is -0.375 e. The van der Waals surface area contributed by atoms with Gasteiger partial charge in [-0.25, -0.2) is 4.98 Å². The van der Waals surface area contributed by atoms with E-state index in [1.807, 2.05) is 24.0 Å². The zero-order valence-corrected chi connectivity index (χ0v) is 13.4. The second-order valence-corrected chi connectivity index (χ2v) is 6.09. The first-order chi connectivity index (χ1) is 10.6. The summed E-state index contributed by atoms with van der Waals surface area (Å²) in [6, 6.07) is 3.53. The SMILES string of the molecule is C[C@H]1OCCN[C@@H]1C(=O)N1CCN(c2ccc(Cl)cn2)CC1. The number of nitrogens with one attached hydrogen (secondary N) is 1. The summed E-state index contributed by atoms with van der Waals surface area (Å²) in [6.45, 7) is 6.31. The van der Waals surface area contributed by atoms with E-state index >= 15 is 0 Å². The van der Waals surface area contributed by atoms with Crippen molar-refractivity contribution in [1.29, 1.82) is 0 Å². The monoisotopic (exact) mass is 324 g/mol. The van der Waals surface area contributed by atoms with Crippen molar-refractivity contribution in [3.05, 3.63) is 23.4 Å². The van der Waals surface area contributed by atoms with Crippen LogP contribution in [-0.4, -0.2) is 67.3 Å². The van der Waals surface area contributed by atoms with Gasteiger partial charge in [-0.3, -0.25) is 4.79 Å². The number of carbonyl (C=O) groups is 1. The second kappa shape index (κ2) is 6.81. The van der Waals surface area contributed by atoms with Crippen LogP contribution in [0.1, 0.15) is 6.92 Å². The molecule has 2 atom stereocenters. The molecular weight excluding hydrogens is 304 g/mol. The van der Waals surface area contributed by atoms with Crippen LogP contribution in [0.2, 0.25) is 5.02 Å². The standard InChI is InChI=1S/C15H21ClN4O2/c1-11-14(17-4-9-22-11)15(21)20-7-5-19(6-8-20)13-3-2-12(16)10-18-13/h2-3,10-11,14,17H,4-9H2,1H3/t11-,14+/m1/s1. The number of halogens is 1. The normalized spacial score (nSPS) is 26.1. The lowest BCUT2D eigenvalue weighted by Gasteiger charge is -2.39. The maximum atomic E-state index is 12.6. The molecule has 0 spiro atoms. The number of aromatic nitrogens is 1. The molecule has 0 aromatic carbocycles. The third kappa shape index (κ3) is 3.34. The van der Waals surface area contributed by atoms with Gasteiger partial charge in [0.05, 0.1) is 17.7 Å². The van der Waals surface area contributed by atoms with Crippen molar-refractivity contribution in [2.24, 2.45) is 0 Å².